The molecule has 0 unspecified atom stereocenters. The molecule has 0 aliphatic heterocycles. The molecule has 3 aromatic rings. The van der Waals surface area contributed by atoms with E-state index in [-0.39, 0.29) is 5.82 Å². The fourth-order valence-corrected chi connectivity index (χ4v) is 3.40. The number of thioether (sulfide) groups is 1. The number of nitrogens with zero attached hydrogens (tertiary/aromatic N) is 4. The second-order valence-corrected chi connectivity index (χ2v) is 6.82. The van der Waals surface area contributed by atoms with Gasteiger partial charge in [-0.05, 0) is 18.6 Å². The molecule has 2 aromatic heterocycles. The van der Waals surface area contributed by atoms with E-state index in [1.54, 1.807) is 18.2 Å². The van der Waals surface area contributed by atoms with Gasteiger partial charge in [0.2, 0.25) is 11.0 Å². The predicted molar refractivity (Wildman–Crippen MR) is 87.4 cm³/mol. The Hall–Kier alpha value is -2.00. The maximum atomic E-state index is 13.6. The topological polar surface area (TPSA) is 76.7 Å². The summed E-state index contributed by atoms with van der Waals surface area (Å²) in [5.74, 6) is 1.50. The van der Waals surface area contributed by atoms with Gasteiger partial charge in [-0.3, -0.25) is 0 Å². The summed E-state index contributed by atoms with van der Waals surface area (Å²) in [5.41, 5.74) is 0.376. The molecule has 0 spiro atoms. The van der Waals surface area contributed by atoms with E-state index in [0.29, 0.717) is 22.5 Å². The third kappa shape index (κ3) is 4.26. The molecule has 0 saturated heterocycles. The van der Waals surface area contributed by atoms with Crippen LogP contribution in [0.15, 0.2) is 33.1 Å². The van der Waals surface area contributed by atoms with Crippen LogP contribution in [0.2, 0.25) is 0 Å². The van der Waals surface area contributed by atoms with E-state index in [9.17, 15) is 4.39 Å². The smallest absolute Gasteiger partial charge is 0.237 e. The lowest BCUT2D eigenvalue weighted by molar-refractivity contribution is 0.384. The lowest BCUT2D eigenvalue weighted by atomic mass is 10.3. The minimum absolute atomic E-state index is 0.328. The lowest BCUT2D eigenvalue weighted by Gasteiger charge is -2.01. The third-order valence-electron chi connectivity index (χ3n) is 2.82. The summed E-state index contributed by atoms with van der Waals surface area (Å²) in [7, 11) is 0. The Morgan fingerprint density at radius 2 is 2.17 bits per heavy atom. The molecule has 1 aromatic carbocycles. The minimum atomic E-state index is -0.328. The minimum Gasteiger partial charge on any atom is -0.338 e. The van der Waals surface area contributed by atoms with Crippen molar-refractivity contribution in [3.63, 3.8) is 0 Å². The molecule has 2 heterocycles. The first-order valence-electron chi connectivity index (χ1n) is 7.04. The number of anilines is 2. The maximum absolute atomic E-state index is 13.6. The van der Waals surface area contributed by atoms with Gasteiger partial charge in [0, 0.05) is 6.42 Å². The predicted octanol–water partition coefficient (Wildman–Crippen LogP) is 4.05. The number of halogens is 1. The van der Waals surface area contributed by atoms with Crippen molar-refractivity contribution in [2.45, 2.75) is 29.9 Å². The van der Waals surface area contributed by atoms with Crippen LogP contribution in [0.4, 0.5) is 15.2 Å². The molecule has 9 heteroatoms. The summed E-state index contributed by atoms with van der Waals surface area (Å²) in [6, 6.07) is 6.43. The summed E-state index contributed by atoms with van der Waals surface area (Å²) in [6.45, 7) is 2.07. The van der Waals surface area contributed by atoms with E-state index in [1.165, 1.54) is 29.2 Å². The van der Waals surface area contributed by atoms with Crippen molar-refractivity contribution in [1.82, 2.24) is 20.3 Å². The van der Waals surface area contributed by atoms with Gasteiger partial charge in [-0.25, -0.2) is 4.39 Å². The van der Waals surface area contributed by atoms with Crippen molar-refractivity contribution in [2.75, 3.05) is 5.32 Å². The second-order valence-electron chi connectivity index (χ2n) is 4.62. The number of hydrogen-bond donors (Lipinski definition) is 1. The maximum Gasteiger partial charge on any atom is 0.237 e. The van der Waals surface area contributed by atoms with Gasteiger partial charge in [-0.1, -0.05) is 47.3 Å². The van der Waals surface area contributed by atoms with Gasteiger partial charge in [0.05, 0.1) is 11.4 Å². The van der Waals surface area contributed by atoms with Gasteiger partial charge in [0.15, 0.2) is 10.2 Å². The first-order chi connectivity index (χ1) is 11.2. The Labute approximate surface area is 140 Å². The summed E-state index contributed by atoms with van der Waals surface area (Å²) in [6.07, 6.45) is 1.79. The van der Waals surface area contributed by atoms with Crippen LogP contribution in [-0.2, 0) is 12.2 Å². The van der Waals surface area contributed by atoms with Gasteiger partial charge in [-0.2, -0.15) is 4.98 Å². The van der Waals surface area contributed by atoms with E-state index in [1.807, 2.05) is 0 Å². The molecule has 23 heavy (non-hydrogen) atoms. The quantitative estimate of drug-likeness (QED) is 0.643. The van der Waals surface area contributed by atoms with Crippen molar-refractivity contribution in [3.8, 4) is 0 Å². The number of hydrogen-bond acceptors (Lipinski definition) is 8. The lowest BCUT2D eigenvalue weighted by Crippen LogP contribution is -1.92. The zero-order valence-corrected chi connectivity index (χ0v) is 14.0. The molecule has 0 aliphatic rings. The highest BCUT2D eigenvalue weighted by Crippen LogP contribution is 2.30. The fourth-order valence-electron chi connectivity index (χ4n) is 1.79. The van der Waals surface area contributed by atoms with Gasteiger partial charge >= 0.3 is 0 Å². The Morgan fingerprint density at radius 1 is 1.30 bits per heavy atom. The molecular formula is C14H14FN5OS2. The summed E-state index contributed by atoms with van der Waals surface area (Å²) < 4.78 is 19.5. The van der Waals surface area contributed by atoms with Crippen LogP contribution in [0.1, 0.15) is 25.1 Å². The van der Waals surface area contributed by atoms with E-state index in [4.69, 9.17) is 4.52 Å². The Kier molecular flexibility index (Phi) is 5.19. The summed E-state index contributed by atoms with van der Waals surface area (Å²) in [5, 5.41) is 15.4. The standard InChI is InChI=1S/C14H14FN5OS2/c1-2-5-11-17-12(21-20-11)8-22-14-19-18-13(23-14)16-10-7-4-3-6-9(10)15/h3-4,6-7H,2,5,8H2,1H3,(H,16,18). The molecular weight excluding hydrogens is 337 g/mol. The molecule has 1 N–H and O–H groups in total. The number of nitrogens with one attached hydrogen (secondary N) is 1. The highest BCUT2D eigenvalue weighted by atomic mass is 32.2. The molecule has 0 saturated carbocycles. The van der Waals surface area contributed by atoms with Crippen molar-refractivity contribution in [3.05, 3.63) is 41.8 Å². The fraction of sp³-hybridized carbons (Fsp3) is 0.286. The Balaban J connectivity index is 1.57. The van der Waals surface area contributed by atoms with Crippen LogP contribution in [0.5, 0.6) is 0 Å². The number of benzene rings is 1. The van der Waals surface area contributed by atoms with E-state index in [2.05, 4.69) is 32.6 Å². The highest BCUT2D eigenvalue weighted by molar-refractivity contribution is 8.00. The highest BCUT2D eigenvalue weighted by Gasteiger charge is 2.10. The first kappa shape index (κ1) is 15.9. The normalized spacial score (nSPS) is 10.9. The molecule has 3 rings (SSSR count). The second kappa shape index (κ2) is 7.51. The monoisotopic (exact) mass is 351 g/mol. The van der Waals surface area contributed by atoms with Crippen LogP contribution in [0.3, 0.4) is 0 Å². The molecule has 0 aliphatic carbocycles. The largest absolute Gasteiger partial charge is 0.338 e. The molecule has 0 bridgehead atoms. The molecule has 6 nitrogen and oxygen atoms in total. The van der Waals surface area contributed by atoms with Crippen LogP contribution in [-0.4, -0.2) is 20.3 Å². The Morgan fingerprint density at radius 3 is 3.00 bits per heavy atom. The molecule has 0 amide bonds. The van der Waals surface area contributed by atoms with E-state index in [0.717, 1.165) is 23.0 Å². The summed E-state index contributed by atoms with van der Waals surface area (Å²) in [4.78, 5) is 4.29. The first-order valence-corrected chi connectivity index (χ1v) is 8.84. The number of aryl methyl sites for hydroxylation is 1. The van der Waals surface area contributed by atoms with Gasteiger partial charge in [-0.15, -0.1) is 10.2 Å². The van der Waals surface area contributed by atoms with Crippen LogP contribution >= 0.6 is 23.1 Å². The van der Waals surface area contributed by atoms with Crippen molar-refractivity contribution in [1.29, 1.82) is 0 Å². The Bertz CT molecular complexity index is 776. The zero-order chi connectivity index (χ0) is 16.1. The van der Waals surface area contributed by atoms with Gasteiger partial charge < -0.3 is 9.84 Å². The van der Waals surface area contributed by atoms with Gasteiger partial charge in [0.25, 0.3) is 0 Å². The average molecular weight is 351 g/mol. The van der Waals surface area contributed by atoms with E-state index < -0.39 is 0 Å². The van der Waals surface area contributed by atoms with Crippen LogP contribution in [0.25, 0.3) is 0 Å². The molecule has 120 valence electrons. The van der Waals surface area contributed by atoms with Gasteiger partial charge in [0.1, 0.15) is 5.82 Å². The van der Waals surface area contributed by atoms with Crippen LogP contribution in [0, 0.1) is 5.82 Å². The average Bonchev–Trinajstić information content (AvgIpc) is 3.17. The molecule has 0 radical (unpaired) electrons. The molecule has 0 fully saturated rings. The van der Waals surface area contributed by atoms with Crippen LogP contribution < -0.4 is 5.32 Å². The number of aromatic nitrogens is 4. The third-order valence-corrected chi connectivity index (χ3v) is 4.78. The summed E-state index contributed by atoms with van der Waals surface area (Å²) >= 11 is 2.80. The van der Waals surface area contributed by atoms with Crippen molar-refractivity contribution in [2.24, 2.45) is 0 Å². The molecule has 0 atom stereocenters. The SMILES string of the molecule is CCCc1noc(CSc2nnc(Nc3ccccc3F)s2)n1. The number of para-hydroxylation sites is 1. The zero-order valence-electron chi connectivity index (χ0n) is 12.3. The van der Waals surface area contributed by atoms with Crippen molar-refractivity contribution >= 4 is 33.9 Å². The number of rotatable bonds is 7. The van der Waals surface area contributed by atoms with Crippen molar-refractivity contribution < 1.29 is 8.91 Å². The van der Waals surface area contributed by atoms with E-state index >= 15 is 0 Å².